The van der Waals surface area contributed by atoms with Crippen LogP contribution in [-0.4, -0.2) is 0 Å². The summed E-state index contributed by atoms with van der Waals surface area (Å²) in [5.74, 6) is 0.557. The van der Waals surface area contributed by atoms with E-state index in [1.165, 1.54) is 66.2 Å². The summed E-state index contributed by atoms with van der Waals surface area (Å²) in [5, 5.41) is 5.10. The zero-order valence-electron chi connectivity index (χ0n) is 20.3. The molecule has 2 nitrogen and oxygen atoms in total. The van der Waals surface area contributed by atoms with Crippen LogP contribution in [0.25, 0.3) is 43.9 Å². The van der Waals surface area contributed by atoms with Crippen molar-refractivity contribution < 1.29 is 8.98 Å². The van der Waals surface area contributed by atoms with Crippen LogP contribution in [0.15, 0.2) is 59.1 Å². The molecule has 0 saturated heterocycles. The lowest BCUT2D eigenvalue weighted by atomic mass is 9.88. The number of hydrogen-bond acceptors (Lipinski definition) is 1. The molecular formula is C31H30NO+. The number of hydrogen-bond donors (Lipinski definition) is 0. The fourth-order valence-electron chi connectivity index (χ4n) is 5.75. The minimum absolute atomic E-state index is 0.557. The second-order valence-corrected chi connectivity index (χ2v) is 10.2. The first kappa shape index (κ1) is 20.2. The Labute approximate surface area is 195 Å². The van der Waals surface area contributed by atoms with Crippen molar-refractivity contribution >= 4 is 43.9 Å². The molecule has 2 heterocycles. The van der Waals surface area contributed by atoms with E-state index in [-0.39, 0.29) is 0 Å². The van der Waals surface area contributed by atoms with Crippen molar-refractivity contribution in [3.8, 4) is 0 Å². The largest absolute Gasteiger partial charge is 0.455 e. The molecule has 0 N–H and O–H groups in total. The lowest BCUT2D eigenvalue weighted by Gasteiger charge is -2.15. The quantitative estimate of drug-likeness (QED) is 0.266. The molecule has 0 saturated carbocycles. The topological polar surface area (TPSA) is 17.0 Å². The van der Waals surface area contributed by atoms with Gasteiger partial charge >= 0.3 is 0 Å². The van der Waals surface area contributed by atoms with Gasteiger partial charge in [0.1, 0.15) is 18.2 Å². The van der Waals surface area contributed by atoms with E-state index in [1.54, 1.807) is 0 Å². The molecule has 0 unspecified atom stereocenters. The summed E-state index contributed by atoms with van der Waals surface area (Å²) in [6.07, 6.45) is 3.25. The highest BCUT2D eigenvalue weighted by Crippen LogP contribution is 2.49. The number of fused-ring (bicyclic) bond motifs is 3. The van der Waals surface area contributed by atoms with Crippen LogP contribution in [0.4, 0.5) is 0 Å². The summed E-state index contributed by atoms with van der Waals surface area (Å²) in [6.45, 7) is 11.3. The highest BCUT2D eigenvalue weighted by molar-refractivity contribution is 6.20. The monoisotopic (exact) mass is 432 g/mol. The molecule has 2 aromatic heterocycles. The number of aromatic nitrogens is 1. The van der Waals surface area contributed by atoms with Crippen LogP contribution in [0.1, 0.15) is 53.8 Å². The number of rotatable bonds is 3. The van der Waals surface area contributed by atoms with Crippen molar-refractivity contribution in [3.63, 3.8) is 0 Å². The maximum absolute atomic E-state index is 6.60. The highest BCUT2D eigenvalue weighted by Gasteiger charge is 2.35. The van der Waals surface area contributed by atoms with Gasteiger partial charge in [0.15, 0.2) is 6.20 Å². The average Bonchev–Trinajstić information content (AvgIpc) is 3.28. The van der Waals surface area contributed by atoms with Gasteiger partial charge < -0.3 is 4.42 Å². The molecule has 1 aliphatic rings. The van der Waals surface area contributed by atoms with E-state index >= 15 is 0 Å². The van der Waals surface area contributed by atoms with Gasteiger partial charge in [-0.1, -0.05) is 44.2 Å². The first-order valence-corrected chi connectivity index (χ1v) is 11.9. The number of aryl methyl sites for hydroxylation is 3. The van der Waals surface area contributed by atoms with Gasteiger partial charge in [-0.3, -0.25) is 0 Å². The summed E-state index contributed by atoms with van der Waals surface area (Å²) in [4.78, 5) is 0. The molecule has 164 valence electrons. The third kappa shape index (κ3) is 2.83. The Kier molecular flexibility index (Phi) is 4.32. The Balaban J connectivity index is 1.83. The smallest absolute Gasteiger partial charge is 0.221 e. The lowest BCUT2D eigenvalue weighted by molar-refractivity contribution is -0.672. The summed E-state index contributed by atoms with van der Waals surface area (Å²) in [7, 11) is 2.18. The molecule has 1 aliphatic carbocycles. The molecule has 0 radical (unpaired) electrons. The van der Waals surface area contributed by atoms with Crippen LogP contribution in [0.2, 0.25) is 0 Å². The SMILES string of the molecule is Cc1cc2c3c([n+](C)ccc3c1)C(c1c(C)c(C)cc3c1oc1ccccc13)=C2CC(C)C. The molecule has 6 rings (SSSR count). The predicted octanol–water partition coefficient (Wildman–Crippen LogP) is 7.81. The minimum Gasteiger partial charge on any atom is -0.455 e. The van der Waals surface area contributed by atoms with E-state index in [9.17, 15) is 0 Å². The Morgan fingerprint density at radius 3 is 2.52 bits per heavy atom. The lowest BCUT2D eigenvalue weighted by Crippen LogP contribution is -2.32. The molecule has 5 aromatic rings. The van der Waals surface area contributed by atoms with Gasteiger partial charge in [0.05, 0.1) is 11.0 Å². The zero-order valence-corrected chi connectivity index (χ0v) is 20.3. The molecule has 0 bridgehead atoms. The Bertz CT molecular complexity index is 1650. The van der Waals surface area contributed by atoms with Gasteiger partial charge in [0, 0.05) is 22.4 Å². The van der Waals surface area contributed by atoms with Gasteiger partial charge in [-0.2, -0.15) is 0 Å². The van der Waals surface area contributed by atoms with Crippen LogP contribution in [-0.2, 0) is 7.05 Å². The van der Waals surface area contributed by atoms with Crippen molar-refractivity contribution in [3.05, 3.63) is 88.2 Å². The number of para-hydroxylation sites is 1. The van der Waals surface area contributed by atoms with Crippen molar-refractivity contribution in [2.75, 3.05) is 0 Å². The van der Waals surface area contributed by atoms with E-state index in [4.69, 9.17) is 4.42 Å². The van der Waals surface area contributed by atoms with E-state index < -0.39 is 0 Å². The molecule has 0 fully saturated rings. The molecule has 33 heavy (non-hydrogen) atoms. The third-order valence-electron chi connectivity index (χ3n) is 7.29. The fraction of sp³-hybridized carbons (Fsp3) is 0.258. The van der Waals surface area contributed by atoms with Crippen molar-refractivity contribution in [1.82, 2.24) is 0 Å². The third-order valence-corrected chi connectivity index (χ3v) is 7.29. The molecule has 0 aliphatic heterocycles. The molecule has 0 amide bonds. The predicted molar refractivity (Wildman–Crippen MR) is 138 cm³/mol. The zero-order chi connectivity index (χ0) is 23.0. The van der Waals surface area contributed by atoms with Gasteiger partial charge in [0.25, 0.3) is 0 Å². The number of benzene rings is 3. The Hall–Kier alpha value is -3.39. The second-order valence-electron chi connectivity index (χ2n) is 10.2. The van der Waals surface area contributed by atoms with Crippen molar-refractivity contribution in [2.24, 2.45) is 13.0 Å². The van der Waals surface area contributed by atoms with Crippen LogP contribution in [0.5, 0.6) is 0 Å². The van der Waals surface area contributed by atoms with Gasteiger partial charge in [-0.25, -0.2) is 4.57 Å². The Morgan fingerprint density at radius 2 is 1.73 bits per heavy atom. The standard InChI is InChI=1S/C31H30NO/c1-17(2)13-23-24-15-18(3)14-21-11-12-32(6)30(28(21)24)29(23)27-20(5)19(4)16-25-22-9-7-8-10-26(22)33-31(25)27/h7-12,14-17H,13H2,1-6H3/q+1. The maximum atomic E-state index is 6.60. The van der Waals surface area contributed by atoms with E-state index in [1.807, 2.05) is 0 Å². The first-order chi connectivity index (χ1) is 15.8. The average molecular weight is 433 g/mol. The highest BCUT2D eigenvalue weighted by atomic mass is 16.3. The van der Waals surface area contributed by atoms with E-state index in [0.29, 0.717) is 5.92 Å². The normalized spacial score (nSPS) is 13.4. The van der Waals surface area contributed by atoms with Crippen LogP contribution in [0, 0.1) is 26.7 Å². The molecule has 3 aromatic carbocycles. The van der Waals surface area contributed by atoms with E-state index in [0.717, 1.165) is 17.6 Å². The number of furan rings is 1. The summed E-state index contributed by atoms with van der Waals surface area (Å²) in [6, 6.07) is 17.7. The van der Waals surface area contributed by atoms with Gasteiger partial charge in [-0.05, 0) is 78.5 Å². The Morgan fingerprint density at radius 1 is 0.939 bits per heavy atom. The molecule has 2 heteroatoms. The number of pyridine rings is 1. The first-order valence-electron chi connectivity index (χ1n) is 11.9. The molecule has 0 spiro atoms. The second kappa shape index (κ2) is 7.05. The molecule has 0 atom stereocenters. The number of nitrogens with zero attached hydrogens (tertiary/aromatic N) is 1. The van der Waals surface area contributed by atoms with Crippen LogP contribution in [0.3, 0.4) is 0 Å². The maximum Gasteiger partial charge on any atom is 0.221 e. The summed E-state index contributed by atoms with van der Waals surface area (Å²) >= 11 is 0. The van der Waals surface area contributed by atoms with Crippen LogP contribution < -0.4 is 4.57 Å². The summed E-state index contributed by atoms with van der Waals surface area (Å²) < 4.78 is 8.91. The van der Waals surface area contributed by atoms with E-state index in [2.05, 4.69) is 101 Å². The minimum atomic E-state index is 0.557. The number of allylic oxidation sites excluding steroid dienone is 1. The molecular weight excluding hydrogens is 402 g/mol. The fourth-order valence-corrected chi connectivity index (χ4v) is 5.75. The van der Waals surface area contributed by atoms with Gasteiger partial charge in [-0.15, -0.1) is 0 Å². The summed E-state index contributed by atoms with van der Waals surface area (Å²) in [5.41, 5.74) is 12.7. The van der Waals surface area contributed by atoms with Gasteiger partial charge in [0.2, 0.25) is 5.69 Å². The van der Waals surface area contributed by atoms with Crippen LogP contribution >= 0.6 is 0 Å². The van der Waals surface area contributed by atoms with Crippen molar-refractivity contribution in [1.29, 1.82) is 0 Å². The van der Waals surface area contributed by atoms with Crippen molar-refractivity contribution in [2.45, 2.75) is 41.0 Å².